The molecule has 1 saturated carbocycles. The molecule has 88 valence electrons. The van der Waals surface area contributed by atoms with Crippen LogP contribution in [0.3, 0.4) is 0 Å². The van der Waals surface area contributed by atoms with Gasteiger partial charge in [-0.25, -0.2) is 0 Å². The summed E-state index contributed by atoms with van der Waals surface area (Å²) in [5.41, 5.74) is 1.07. The van der Waals surface area contributed by atoms with Crippen LogP contribution in [0.15, 0.2) is 18.2 Å². The fraction of sp³-hybridized carbons (Fsp3) is 0.538. The molecule has 0 amide bonds. The maximum Gasteiger partial charge on any atom is 0.0453 e. The molecule has 0 radical (unpaired) electrons. The Morgan fingerprint density at radius 2 is 1.94 bits per heavy atom. The minimum absolute atomic E-state index is 0.491. The van der Waals surface area contributed by atoms with Gasteiger partial charge in [-0.05, 0) is 43.5 Å². The second-order valence-electron chi connectivity index (χ2n) is 4.57. The zero-order chi connectivity index (χ0) is 11.5. The molecule has 1 N–H and O–H groups in total. The molecule has 1 fully saturated rings. The molecule has 0 saturated heterocycles. The predicted octanol–water partition coefficient (Wildman–Crippen LogP) is 3.92. The van der Waals surface area contributed by atoms with Crippen molar-refractivity contribution in [3.05, 3.63) is 33.8 Å². The van der Waals surface area contributed by atoms with Crippen molar-refractivity contribution in [3.8, 4) is 0 Å². The summed E-state index contributed by atoms with van der Waals surface area (Å²) in [6, 6.07) is 6.20. The Morgan fingerprint density at radius 3 is 2.44 bits per heavy atom. The van der Waals surface area contributed by atoms with Gasteiger partial charge in [0.2, 0.25) is 0 Å². The number of hydrogen-bond donors (Lipinski definition) is 1. The number of benzene rings is 1. The third-order valence-corrected chi connectivity index (χ3v) is 3.94. The monoisotopic (exact) mass is 257 g/mol. The summed E-state index contributed by atoms with van der Waals surface area (Å²) in [5, 5.41) is 4.92. The lowest BCUT2D eigenvalue weighted by Gasteiger charge is -2.17. The van der Waals surface area contributed by atoms with Crippen LogP contribution in [-0.2, 0) is 6.42 Å². The largest absolute Gasteiger partial charge is 0.317 e. The van der Waals surface area contributed by atoms with Crippen LogP contribution < -0.4 is 5.32 Å². The molecule has 3 heteroatoms. The fourth-order valence-electron chi connectivity index (χ4n) is 2.03. The highest BCUT2D eigenvalue weighted by atomic mass is 35.5. The van der Waals surface area contributed by atoms with Crippen LogP contribution in [0.25, 0.3) is 0 Å². The lowest BCUT2D eigenvalue weighted by Crippen LogP contribution is -2.28. The molecule has 1 unspecified atom stereocenters. The zero-order valence-corrected chi connectivity index (χ0v) is 11.0. The van der Waals surface area contributed by atoms with Gasteiger partial charge in [-0.15, -0.1) is 0 Å². The van der Waals surface area contributed by atoms with E-state index in [9.17, 15) is 0 Å². The van der Waals surface area contributed by atoms with Crippen molar-refractivity contribution in [2.45, 2.75) is 31.7 Å². The van der Waals surface area contributed by atoms with E-state index in [1.165, 1.54) is 19.3 Å². The first-order valence-electron chi connectivity index (χ1n) is 5.81. The van der Waals surface area contributed by atoms with Crippen LogP contribution in [0.1, 0.15) is 24.8 Å². The van der Waals surface area contributed by atoms with Gasteiger partial charge in [0.15, 0.2) is 0 Å². The number of hydrogen-bond acceptors (Lipinski definition) is 1. The Bertz CT molecular complexity index is 341. The fourth-order valence-corrected chi connectivity index (χ4v) is 2.58. The number of halogens is 2. The highest BCUT2D eigenvalue weighted by Crippen LogP contribution is 2.35. The number of nitrogens with one attached hydrogen (secondary N) is 1. The SMILES string of the molecule is CNC(Cc1c(Cl)cccc1Cl)CC1CC1. The minimum atomic E-state index is 0.491. The van der Waals surface area contributed by atoms with Crippen molar-refractivity contribution < 1.29 is 0 Å². The average Bonchev–Trinajstić information content (AvgIpc) is 3.06. The van der Waals surface area contributed by atoms with Crippen LogP contribution >= 0.6 is 23.2 Å². The van der Waals surface area contributed by atoms with E-state index in [4.69, 9.17) is 23.2 Å². The van der Waals surface area contributed by atoms with Crippen LogP contribution in [0.5, 0.6) is 0 Å². The van der Waals surface area contributed by atoms with Gasteiger partial charge in [0.05, 0.1) is 0 Å². The summed E-state index contributed by atoms with van der Waals surface area (Å²) < 4.78 is 0. The van der Waals surface area contributed by atoms with Crippen LogP contribution in [0.2, 0.25) is 10.0 Å². The summed E-state index contributed by atoms with van der Waals surface area (Å²) in [6.07, 6.45) is 4.92. The van der Waals surface area contributed by atoms with Gasteiger partial charge < -0.3 is 5.32 Å². The minimum Gasteiger partial charge on any atom is -0.317 e. The molecule has 0 heterocycles. The van der Waals surface area contributed by atoms with E-state index in [0.717, 1.165) is 27.9 Å². The molecule has 16 heavy (non-hydrogen) atoms. The molecule has 0 aliphatic heterocycles. The average molecular weight is 258 g/mol. The summed E-state index contributed by atoms with van der Waals surface area (Å²) in [7, 11) is 2.01. The zero-order valence-electron chi connectivity index (χ0n) is 9.47. The Kier molecular flexibility index (Phi) is 4.12. The van der Waals surface area contributed by atoms with E-state index in [2.05, 4.69) is 5.32 Å². The summed E-state index contributed by atoms with van der Waals surface area (Å²) >= 11 is 12.3. The van der Waals surface area contributed by atoms with Crippen molar-refractivity contribution in [2.75, 3.05) is 7.05 Å². The van der Waals surface area contributed by atoms with Crippen LogP contribution in [0, 0.1) is 5.92 Å². The van der Waals surface area contributed by atoms with E-state index in [0.29, 0.717) is 6.04 Å². The maximum absolute atomic E-state index is 6.17. The summed E-state index contributed by atoms with van der Waals surface area (Å²) in [6.45, 7) is 0. The number of likely N-dealkylation sites (N-methyl/N-ethyl adjacent to an activating group) is 1. The predicted molar refractivity (Wildman–Crippen MR) is 70.4 cm³/mol. The van der Waals surface area contributed by atoms with Gasteiger partial charge in [0.25, 0.3) is 0 Å². The van der Waals surface area contributed by atoms with Crippen molar-refractivity contribution >= 4 is 23.2 Å². The highest BCUT2D eigenvalue weighted by molar-refractivity contribution is 6.35. The molecular formula is C13H17Cl2N. The molecule has 0 spiro atoms. The Balaban J connectivity index is 2.05. The van der Waals surface area contributed by atoms with E-state index in [1.807, 2.05) is 25.2 Å². The Hall–Kier alpha value is -0.240. The highest BCUT2D eigenvalue weighted by Gasteiger charge is 2.25. The van der Waals surface area contributed by atoms with Crippen molar-refractivity contribution in [1.29, 1.82) is 0 Å². The molecule has 2 rings (SSSR count). The van der Waals surface area contributed by atoms with Crippen molar-refractivity contribution in [3.63, 3.8) is 0 Å². The van der Waals surface area contributed by atoms with Crippen molar-refractivity contribution in [2.24, 2.45) is 5.92 Å². The molecule has 1 aliphatic carbocycles. The lowest BCUT2D eigenvalue weighted by atomic mass is 10.0. The van der Waals surface area contributed by atoms with E-state index in [-0.39, 0.29) is 0 Å². The Morgan fingerprint density at radius 1 is 1.31 bits per heavy atom. The summed E-state index contributed by atoms with van der Waals surface area (Å²) in [4.78, 5) is 0. The molecule has 0 aromatic heterocycles. The summed E-state index contributed by atoms with van der Waals surface area (Å²) in [5.74, 6) is 0.915. The second kappa shape index (κ2) is 5.39. The molecule has 1 aliphatic rings. The first kappa shape index (κ1) is 12.2. The lowest BCUT2D eigenvalue weighted by molar-refractivity contribution is 0.490. The normalized spacial score (nSPS) is 17.4. The number of rotatable bonds is 5. The molecule has 1 aromatic carbocycles. The van der Waals surface area contributed by atoms with Crippen LogP contribution in [-0.4, -0.2) is 13.1 Å². The quantitative estimate of drug-likeness (QED) is 0.843. The van der Waals surface area contributed by atoms with E-state index >= 15 is 0 Å². The van der Waals surface area contributed by atoms with Crippen LogP contribution in [0.4, 0.5) is 0 Å². The molecule has 1 atom stereocenters. The van der Waals surface area contributed by atoms with Gasteiger partial charge in [-0.2, -0.15) is 0 Å². The van der Waals surface area contributed by atoms with Gasteiger partial charge in [-0.3, -0.25) is 0 Å². The van der Waals surface area contributed by atoms with Crippen molar-refractivity contribution in [1.82, 2.24) is 5.32 Å². The second-order valence-corrected chi connectivity index (χ2v) is 5.38. The van der Waals surface area contributed by atoms with Gasteiger partial charge in [0.1, 0.15) is 0 Å². The smallest absolute Gasteiger partial charge is 0.0453 e. The first-order valence-corrected chi connectivity index (χ1v) is 6.56. The molecule has 0 bridgehead atoms. The van der Waals surface area contributed by atoms with Gasteiger partial charge in [0, 0.05) is 16.1 Å². The standard InChI is InChI=1S/C13H17Cl2N/c1-16-10(7-9-5-6-9)8-11-12(14)3-2-4-13(11)15/h2-4,9-10,16H,5-8H2,1H3. The van der Waals surface area contributed by atoms with Gasteiger partial charge in [-0.1, -0.05) is 42.1 Å². The van der Waals surface area contributed by atoms with Gasteiger partial charge >= 0.3 is 0 Å². The maximum atomic E-state index is 6.17. The molecule has 1 aromatic rings. The topological polar surface area (TPSA) is 12.0 Å². The first-order chi connectivity index (χ1) is 7.70. The Labute approximate surface area is 107 Å². The molecular weight excluding hydrogens is 241 g/mol. The third-order valence-electron chi connectivity index (χ3n) is 3.24. The third kappa shape index (κ3) is 3.13. The van der Waals surface area contributed by atoms with E-state index in [1.54, 1.807) is 0 Å². The van der Waals surface area contributed by atoms with E-state index < -0.39 is 0 Å². The molecule has 1 nitrogen and oxygen atoms in total.